The van der Waals surface area contributed by atoms with E-state index in [1.807, 2.05) is 19.1 Å². The standard InChI is InChI=1S/C22H18N2O5/c1-15-6-8-16(9-7-15)21(25)23-19-12-10-17(11-13-19)22(26)29-14-18-4-2-3-5-20(18)24(27)28/h2-13H,14H2,1H3,(H,23,25). The maximum atomic E-state index is 12.2. The first kappa shape index (κ1) is 19.8. The smallest absolute Gasteiger partial charge is 0.338 e. The van der Waals surface area contributed by atoms with Crippen LogP contribution < -0.4 is 5.32 Å². The number of amides is 1. The monoisotopic (exact) mass is 390 g/mol. The van der Waals surface area contributed by atoms with Crippen molar-refractivity contribution in [1.29, 1.82) is 0 Å². The van der Waals surface area contributed by atoms with Crippen LogP contribution in [-0.2, 0) is 11.3 Å². The van der Waals surface area contributed by atoms with Crippen molar-refractivity contribution in [3.63, 3.8) is 0 Å². The Morgan fingerprint density at radius 3 is 2.21 bits per heavy atom. The normalized spacial score (nSPS) is 10.2. The maximum absolute atomic E-state index is 12.2. The molecule has 0 bridgehead atoms. The molecule has 1 N–H and O–H groups in total. The summed E-state index contributed by atoms with van der Waals surface area (Å²) in [5.41, 5.74) is 2.61. The second-order valence-corrected chi connectivity index (χ2v) is 6.36. The molecule has 0 saturated heterocycles. The number of nitrogens with zero attached hydrogens (tertiary/aromatic N) is 1. The molecule has 3 aromatic carbocycles. The molecular weight excluding hydrogens is 372 g/mol. The number of nitro benzene ring substituents is 1. The van der Waals surface area contributed by atoms with Gasteiger partial charge in [0.2, 0.25) is 0 Å². The molecule has 7 heteroatoms. The van der Waals surface area contributed by atoms with Crippen molar-refractivity contribution < 1.29 is 19.2 Å². The van der Waals surface area contributed by atoms with E-state index in [0.717, 1.165) is 5.56 Å². The van der Waals surface area contributed by atoms with E-state index < -0.39 is 10.9 Å². The van der Waals surface area contributed by atoms with E-state index in [1.165, 1.54) is 24.3 Å². The zero-order valence-electron chi connectivity index (χ0n) is 15.6. The number of hydrogen-bond donors (Lipinski definition) is 1. The Labute approximate surface area is 167 Å². The largest absolute Gasteiger partial charge is 0.457 e. The topological polar surface area (TPSA) is 98.5 Å². The number of benzene rings is 3. The van der Waals surface area contributed by atoms with Gasteiger partial charge in [0.1, 0.15) is 6.61 Å². The van der Waals surface area contributed by atoms with Gasteiger partial charge < -0.3 is 10.1 Å². The first-order valence-corrected chi connectivity index (χ1v) is 8.81. The van der Waals surface area contributed by atoms with Crippen LogP contribution in [0.1, 0.15) is 31.8 Å². The average molecular weight is 390 g/mol. The number of aryl methyl sites for hydroxylation is 1. The summed E-state index contributed by atoms with van der Waals surface area (Å²) in [6.07, 6.45) is 0. The third-order valence-corrected chi connectivity index (χ3v) is 4.24. The Morgan fingerprint density at radius 2 is 1.55 bits per heavy atom. The number of nitro groups is 1. The van der Waals surface area contributed by atoms with Gasteiger partial charge >= 0.3 is 5.97 Å². The van der Waals surface area contributed by atoms with E-state index in [-0.39, 0.29) is 23.8 Å². The Hall–Kier alpha value is -4.00. The van der Waals surface area contributed by atoms with E-state index >= 15 is 0 Å². The van der Waals surface area contributed by atoms with Gasteiger partial charge in [-0.05, 0) is 49.4 Å². The zero-order chi connectivity index (χ0) is 20.8. The second kappa shape index (κ2) is 8.79. The summed E-state index contributed by atoms with van der Waals surface area (Å²) in [4.78, 5) is 34.9. The SMILES string of the molecule is Cc1ccc(C(=O)Nc2ccc(C(=O)OCc3ccccc3[N+](=O)[O-])cc2)cc1. The van der Waals surface area contributed by atoms with Gasteiger partial charge in [0.25, 0.3) is 11.6 Å². The van der Waals surface area contributed by atoms with Crippen LogP contribution in [0.5, 0.6) is 0 Å². The molecule has 0 spiro atoms. The highest BCUT2D eigenvalue weighted by atomic mass is 16.6. The summed E-state index contributed by atoms with van der Waals surface area (Å²) in [6, 6.07) is 19.5. The number of anilines is 1. The molecule has 0 aliphatic carbocycles. The highest BCUT2D eigenvalue weighted by Crippen LogP contribution is 2.19. The molecule has 0 aliphatic rings. The van der Waals surface area contributed by atoms with E-state index in [2.05, 4.69) is 5.32 Å². The zero-order valence-corrected chi connectivity index (χ0v) is 15.6. The molecule has 0 saturated carbocycles. The fraction of sp³-hybridized carbons (Fsp3) is 0.0909. The van der Waals surface area contributed by atoms with Gasteiger partial charge in [-0.25, -0.2) is 4.79 Å². The molecule has 3 rings (SSSR count). The highest BCUT2D eigenvalue weighted by Gasteiger charge is 2.15. The molecule has 0 aromatic heterocycles. The lowest BCUT2D eigenvalue weighted by molar-refractivity contribution is -0.385. The van der Waals surface area contributed by atoms with Crippen LogP contribution in [0.3, 0.4) is 0 Å². The highest BCUT2D eigenvalue weighted by molar-refractivity contribution is 6.04. The van der Waals surface area contributed by atoms with Crippen LogP contribution in [0.25, 0.3) is 0 Å². The van der Waals surface area contributed by atoms with Gasteiger partial charge in [-0.1, -0.05) is 29.8 Å². The van der Waals surface area contributed by atoms with Crippen LogP contribution in [0.4, 0.5) is 11.4 Å². The number of para-hydroxylation sites is 1. The maximum Gasteiger partial charge on any atom is 0.338 e. The number of carbonyl (C=O) groups excluding carboxylic acids is 2. The van der Waals surface area contributed by atoms with Gasteiger partial charge in [-0.3, -0.25) is 14.9 Å². The van der Waals surface area contributed by atoms with Crippen LogP contribution >= 0.6 is 0 Å². The predicted molar refractivity (Wildman–Crippen MR) is 108 cm³/mol. The molecule has 1 amide bonds. The summed E-state index contributed by atoms with van der Waals surface area (Å²) in [5.74, 6) is -0.865. The van der Waals surface area contributed by atoms with Gasteiger partial charge in [0, 0.05) is 17.3 Å². The van der Waals surface area contributed by atoms with E-state index in [4.69, 9.17) is 4.74 Å². The predicted octanol–water partition coefficient (Wildman–Crippen LogP) is 4.51. The third kappa shape index (κ3) is 5.04. The van der Waals surface area contributed by atoms with Gasteiger partial charge in [0.05, 0.1) is 16.1 Å². The minimum absolute atomic E-state index is 0.102. The van der Waals surface area contributed by atoms with E-state index in [0.29, 0.717) is 16.8 Å². The lowest BCUT2D eigenvalue weighted by atomic mass is 10.1. The minimum Gasteiger partial charge on any atom is -0.457 e. The summed E-state index contributed by atoms with van der Waals surface area (Å²) in [6.45, 7) is 1.73. The quantitative estimate of drug-likeness (QED) is 0.379. The lowest BCUT2D eigenvalue weighted by Gasteiger charge is -2.08. The molecule has 3 aromatic rings. The molecule has 0 aliphatic heterocycles. The molecular formula is C22H18N2O5. The summed E-state index contributed by atoms with van der Waals surface area (Å²) in [7, 11) is 0. The van der Waals surface area contributed by atoms with Crippen LogP contribution in [0, 0.1) is 17.0 Å². The first-order chi connectivity index (χ1) is 13.9. The number of rotatable bonds is 6. The number of nitrogens with one attached hydrogen (secondary N) is 1. The number of hydrogen-bond acceptors (Lipinski definition) is 5. The minimum atomic E-state index is -0.612. The van der Waals surface area contributed by atoms with E-state index in [9.17, 15) is 19.7 Å². The molecule has 0 heterocycles. The number of carbonyl (C=O) groups is 2. The van der Waals surface area contributed by atoms with Crippen LogP contribution in [0.2, 0.25) is 0 Å². The molecule has 29 heavy (non-hydrogen) atoms. The molecule has 0 unspecified atom stereocenters. The third-order valence-electron chi connectivity index (χ3n) is 4.24. The molecule has 0 radical (unpaired) electrons. The van der Waals surface area contributed by atoms with Gasteiger partial charge in [-0.2, -0.15) is 0 Å². The lowest BCUT2D eigenvalue weighted by Crippen LogP contribution is -2.12. The fourth-order valence-corrected chi connectivity index (χ4v) is 2.64. The number of ether oxygens (including phenoxy) is 1. The van der Waals surface area contributed by atoms with Gasteiger partial charge in [-0.15, -0.1) is 0 Å². The second-order valence-electron chi connectivity index (χ2n) is 6.36. The van der Waals surface area contributed by atoms with Gasteiger partial charge in [0.15, 0.2) is 0 Å². The fourth-order valence-electron chi connectivity index (χ4n) is 2.64. The summed E-state index contributed by atoms with van der Waals surface area (Å²) < 4.78 is 5.18. The van der Waals surface area contributed by atoms with Crippen molar-refractivity contribution in [1.82, 2.24) is 0 Å². The van der Waals surface area contributed by atoms with Crippen molar-refractivity contribution in [3.05, 3.63) is 105 Å². The Bertz CT molecular complexity index is 1040. The molecule has 0 atom stereocenters. The van der Waals surface area contributed by atoms with Crippen molar-refractivity contribution in [2.24, 2.45) is 0 Å². The van der Waals surface area contributed by atoms with Crippen LogP contribution in [0.15, 0.2) is 72.8 Å². The van der Waals surface area contributed by atoms with Crippen LogP contribution in [-0.4, -0.2) is 16.8 Å². The average Bonchev–Trinajstić information content (AvgIpc) is 2.73. The molecule has 146 valence electrons. The van der Waals surface area contributed by atoms with Crippen molar-refractivity contribution in [3.8, 4) is 0 Å². The summed E-state index contributed by atoms with van der Waals surface area (Å²) in [5, 5.41) is 13.8. The summed E-state index contributed by atoms with van der Waals surface area (Å²) >= 11 is 0. The number of esters is 1. The molecule has 7 nitrogen and oxygen atoms in total. The first-order valence-electron chi connectivity index (χ1n) is 8.81. The van der Waals surface area contributed by atoms with Crippen molar-refractivity contribution >= 4 is 23.3 Å². The Morgan fingerprint density at radius 1 is 0.931 bits per heavy atom. The van der Waals surface area contributed by atoms with E-state index in [1.54, 1.807) is 36.4 Å². The molecule has 0 fully saturated rings. The Kier molecular flexibility index (Phi) is 5.99. The van der Waals surface area contributed by atoms with Crippen molar-refractivity contribution in [2.75, 3.05) is 5.32 Å². The van der Waals surface area contributed by atoms with Crippen molar-refractivity contribution in [2.45, 2.75) is 13.5 Å². The Balaban J connectivity index is 1.61.